The van der Waals surface area contributed by atoms with Gasteiger partial charge >= 0.3 is 0 Å². The van der Waals surface area contributed by atoms with Crippen LogP contribution in [-0.2, 0) is 0 Å². The molecule has 0 bridgehead atoms. The summed E-state index contributed by atoms with van der Waals surface area (Å²) in [4.78, 5) is 3.88. The Morgan fingerprint density at radius 1 is 1.33 bits per heavy atom. The maximum absolute atomic E-state index is 3.88. The molecule has 1 aromatic heterocycles. The molecule has 1 aromatic rings. The summed E-state index contributed by atoms with van der Waals surface area (Å²) in [5.74, 6) is 0. The first-order valence-corrected chi connectivity index (χ1v) is 5.79. The van der Waals surface area contributed by atoms with E-state index < -0.39 is 0 Å². The van der Waals surface area contributed by atoms with Crippen LogP contribution in [0.3, 0.4) is 0 Å². The molecular weight excluding hydrogens is 182 g/mol. The minimum absolute atomic E-state index is 1.21. The van der Waals surface area contributed by atoms with Crippen molar-refractivity contribution in [3.05, 3.63) is 42.2 Å². The first kappa shape index (κ1) is 13.9. The molecule has 0 fully saturated rings. The predicted octanol–water partition coefficient (Wildman–Crippen LogP) is 4.53. The number of hydrogen-bond donors (Lipinski definition) is 0. The normalized spacial score (nSPS) is 9.80. The fraction of sp³-hybridized carbons (Fsp3) is 0.500. The molecule has 0 saturated carbocycles. The molecule has 0 N–H and O–H groups in total. The highest BCUT2D eigenvalue weighted by atomic mass is 14.6. The van der Waals surface area contributed by atoms with Gasteiger partial charge in [-0.05, 0) is 38.3 Å². The number of hydrogen-bond acceptors (Lipinski definition) is 1. The zero-order valence-electron chi connectivity index (χ0n) is 10.2. The van der Waals surface area contributed by atoms with Crippen LogP contribution in [0.4, 0.5) is 0 Å². The zero-order chi connectivity index (χ0) is 11.4. The number of rotatable bonds is 4. The Bertz CT molecular complexity index is 239. The van der Waals surface area contributed by atoms with E-state index in [1.807, 2.05) is 25.3 Å². The smallest absolute Gasteiger partial charge is 0.0297 e. The third-order valence-electron chi connectivity index (χ3n) is 2.02. The van der Waals surface area contributed by atoms with Crippen LogP contribution in [0.2, 0.25) is 0 Å². The van der Waals surface area contributed by atoms with Crippen molar-refractivity contribution in [3.63, 3.8) is 0 Å². The van der Waals surface area contributed by atoms with Gasteiger partial charge in [0.2, 0.25) is 0 Å². The Labute approximate surface area is 94.3 Å². The van der Waals surface area contributed by atoms with Crippen LogP contribution in [-0.4, -0.2) is 4.98 Å². The molecule has 0 aromatic carbocycles. The predicted molar refractivity (Wildman–Crippen MR) is 67.9 cm³/mol. The lowest BCUT2D eigenvalue weighted by Crippen LogP contribution is -1.69. The van der Waals surface area contributed by atoms with Gasteiger partial charge in [0.05, 0.1) is 0 Å². The van der Waals surface area contributed by atoms with E-state index in [0.29, 0.717) is 0 Å². The molecule has 0 aliphatic heterocycles. The van der Waals surface area contributed by atoms with Crippen molar-refractivity contribution >= 4 is 0 Å². The van der Waals surface area contributed by atoms with Crippen LogP contribution in [0, 0.1) is 6.92 Å². The molecule has 1 heteroatoms. The summed E-state index contributed by atoms with van der Waals surface area (Å²) in [6.07, 6.45) is 13.3. The monoisotopic (exact) mass is 205 g/mol. The van der Waals surface area contributed by atoms with E-state index in [1.54, 1.807) is 6.20 Å². The Balaban J connectivity index is 0.000000262. The average molecular weight is 205 g/mol. The Morgan fingerprint density at radius 2 is 2.13 bits per heavy atom. The average Bonchev–Trinajstić information content (AvgIpc) is 2.27. The summed E-state index contributed by atoms with van der Waals surface area (Å²) in [7, 11) is 0. The van der Waals surface area contributed by atoms with E-state index in [4.69, 9.17) is 0 Å². The van der Waals surface area contributed by atoms with Crippen molar-refractivity contribution in [1.29, 1.82) is 0 Å². The number of unbranched alkanes of at least 4 members (excludes halogenated alkanes) is 3. The molecule has 0 aliphatic carbocycles. The summed E-state index contributed by atoms with van der Waals surface area (Å²) in [6, 6.07) is 3.95. The van der Waals surface area contributed by atoms with E-state index >= 15 is 0 Å². The Morgan fingerprint density at radius 3 is 2.53 bits per heavy atom. The van der Waals surface area contributed by atoms with Gasteiger partial charge in [-0.25, -0.2) is 0 Å². The second kappa shape index (κ2) is 11.0. The van der Waals surface area contributed by atoms with Crippen molar-refractivity contribution < 1.29 is 0 Å². The molecule has 0 atom stereocenters. The number of aryl methyl sites for hydroxylation is 1. The van der Waals surface area contributed by atoms with Gasteiger partial charge in [0.15, 0.2) is 0 Å². The highest BCUT2D eigenvalue weighted by molar-refractivity contribution is 5.04. The van der Waals surface area contributed by atoms with Crippen LogP contribution in [0.15, 0.2) is 36.7 Å². The lowest BCUT2D eigenvalue weighted by atomic mass is 10.2. The summed E-state index contributed by atoms with van der Waals surface area (Å²) < 4.78 is 0. The molecule has 0 aliphatic rings. The second-order valence-electron chi connectivity index (χ2n) is 3.60. The third-order valence-corrected chi connectivity index (χ3v) is 2.02. The fourth-order valence-electron chi connectivity index (χ4n) is 1.13. The molecule has 0 unspecified atom stereocenters. The van der Waals surface area contributed by atoms with E-state index in [1.165, 1.54) is 31.2 Å². The SMILES string of the molecule is CC=CCCCCC.Cc1cccnc1. The number of aromatic nitrogens is 1. The first-order chi connectivity index (χ1) is 7.31. The van der Waals surface area contributed by atoms with E-state index in [2.05, 4.69) is 31.0 Å². The maximum Gasteiger partial charge on any atom is 0.0297 e. The minimum atomic E-state index is 1.21. The van der Waals surface area contributed by atoms with E-state index in [-0.39, 0.29) is 0 Å². The number of nitrogens with zero attached hydrogens (tertiary/aromatic N) is 1. The van der Waals surface area contributed by atoms with Crippen molar-refractivity contribution in [3.8, 4) is 0 Å². The van der Waals surface area contributed by atoms with Crippen LogP contribution >= 0.6 is 0 Å². The van der Waals surface area contributed by atoms with Gasteiger partial charge in [0, 0.05) is 12.4 Å². The maximum atomic E-state index is 3.88. The lowest BCUT2D eigenvalue weighted by molar-refractivity contribution is 0.729. The second-order valence-corrected chi connectivity index (χ2v) is 3.60. The molecule has 84 valence electrons. The van der Waals surface area contributed by atoms with Crippen LogP contribution < -0.4 is 0 Å². The van der Waals surface area contributed by atoms with Gasteiger partial charge < -0.3 is 0 Å². The van der Waals surface area contributed by atoms with Gasteiger partial charge in [-0.3, -0.25) is 4.98 Å². The number of pyridine rings is 1. The highest BCUT2D eigenvalue weighted by Gasteiger charge is 1.78. The topological polar surface area (TPSA) is 12.9 Å². The van der Waals surface area contributed by atoms with Crippen LogP contribution in [0.1, 0.15) is 45.1 Å². The summed E-state index contributed by atoms with van der Waals surface area (Å²) in [5, 5.41) is 0. The molecular formula is C14H23N. The van der Waals surface area contributed by atoms with Crippen LogP contribution in [0.25, 0.3) is 0 Å². The molecule has 1 nitrogen and oxygen atoms in total. The van der Waals surface area contributed by atoms with Crippen molar-refractivity contribution in [2.75, 3.05) is 0 Å². The minimum Gasteiger partial charge on any atom is -0.264 e. The van der Waals surface area contributed by atoms with Gasteiger partial charge in [-0.2, -0.15) is 0 Å². The van der Waals surface area contributed by atoms with E-state index in [0.717, 1.165) is 0 Å². The first-order valence-electron chi connectivity index (χ1n) is 5.79. The summed E-state index contributed by atoms with van der Waals surface area (Å²) in [5.41, 5.74) is 1.21. The Kier molecular flexibility index (Phi) is 10.2. The van der Waals surface area contributed by atoms with Crippen molar-refractivity contribution in [2.45, 2.75) is 46.5 Å². The molecule has 1 rings (SSSR count). The molecule has 0 amide bonds. The van der Waals surface area contributed by atoms with Crippen LogP contribution in [0.5, 0.6) is 0 Å². The van der Waals surface area contributed by atoms with Gasteiger partial charge in [-0.1, -0.05) is 38.0 Å². The standard InChI is InChI=1S/C8H16.C6H7N/c1-3-5-7-8-6-4-2;1-6-3-2-4-7-5-6/h3,5H,4,6-8H2,1-2H3;2-5H,1H3. The quantitative estimate of drug-likeness (QED) is 0.519. The summed E-state index contributed by atoms with van der Waals surface area (Å²) in [6.45, 7) is 6.33. The lowest BCUT2D eigenvalue weighted by Gasteiger charge is -1.88. The molecule has 1 heterocycles. The van der Waals surface area contributed by atoms with Gasteiger partial charge in [0.25, 0.3) is 0 Å². The van der Waals surface area contributed by atoms with E-state index in [9.17, 15) is 0 Å². The highest BCUT2D eigenvalue weighted by Crippen LogP contribution is 1.98. The molecule has 0 radical (unpaired) electrons. The van der Waals surface area contributed by atoms with Gasteiger partial charge in [-0.15, -0.1) is 0 Å². The van der Waals surface area contributed by atoms with Gasteiger partial charge in [0.1, 0.15) is 0 Å². The molecule has 0 spiro atoms. The Hall–Kier alpha value is -1.11. The molecule has 0 saturated heterocycles. The zero-order valence-corrected chi connectivity index (χ0v) is 10.2. The van der Waals surface area contributed by atoms with Crippen molar-refractivity contribution in [1.82, 2.24) is 4.98 Å². The number of allylic oxidation sites excluding steroid dienone is 2. The molecule has 15 heavy (non-hydrogen) atoms. The summed E-state index contributed by atoms with van der Waals surface area (Å²) >= 11 is 0. The third kappa shape index (κ3) is 10.8. The fourth-order valence-corrected chi connectivity index (χ4v) is 1.13. The largest absolute Gasteiger partial charge is 0.264 e. The van der Waals surface area contributed by atoms with Crippen molar-refractivity contribution in [2.24, 2.45) is 0 Å².